The molecule has 4 nitrogen and oxygen atoms in total. The summed E-state index contributed by atoms with van der Waals surface area (Å²) in [6.07, 6.45) is 2.46. The Balaban J connectivity index is 2.05. The second-order valence-electron chi connectivity index (χ2n) is 5.07. The van der Waals surface area contributed by atoms with Crippen molar-refractivity contribution >= 4 is 15.5 Å². The first kappa shape index (κ1) is 14.3. The zero-order valence-corrected chi connectivity index (χ0v) is 12.4. The fourth-order valence-corrected chi connectivity index (χ4v) is 3.31. The van der Waals surface area contributed by atoms with E-state index in [9.17, 15) is 8.42 Å². The number of rotatable bonds is 5. The average Bonchev–Trinajstić information content (AvgIpc) is 2.91. The summed E-state index contributed by atoms with van der Waals surface area (Å²) in [5.41, 5.74) is 1.06. The molecule has 2 rings (SSSR count). The lowest BCUT2D eigenvalue weighted by atomic mass is 10.2. The van der Waals surface area contributed by atoms with E-state index in [2.05, 4.69) is 10.2 Å². The number of hydrogen-bond acceptors (Lipinski definition) is 4. The number of nitrogens with zero attached hydrogens (tertiary/aromatic N) is 1. The van der Waals surface area contributed by atoms with E-state index >= 15 is 0 Å². The maximum absolute atomic E-state index is 11.7. The summed E-state index contributed by atoms with van der Waals surface area (Å²) in [6.45, 7) is 3.73. The number of hydrogen-bond donors (Lipinski definition) is 1. The molecule has 1 unspecified atom stereocenters. The third-order valence-corrected chi connectivity index (χ3v) is 5.42. The van der Waals surface area contributed by atoms with E-state index in [4.69, 9.17) is 0 Å². The number of benzene rings is 1. The van der Waals surface area contributed by atoms with Crippen molar-refractivity contribution in [1.29, 1.82) is 0 Å². The van der Waals surface area contributed by atoms with Crippen LogP contribution in [-0.4, -0.2) is 40.3 Å². The molecule has 0 saturated carbocycles. The Labute approximate surface area is 115 Å². The second kappa shape index (κ2) is 5.92. The minimum absolute atomic E-state index is 0.147. The standard InChI is InChI=1S/C14H22N2O2S/c1-3-19(17,18)14-8-6-13(7-9-14)16(2)11-12-5-4-10-15-12/h6-9,12,15H,3-5,10-11H2,1-2H3. The Morgan fingerprint density at radius 3 is 2.53 bits per heavy atom. The molecule has 0 aromatic heterocycles. The van der Waals surface area contributed by atoms with E-state index in [-0.39, 0.29) is 5.75 Å². The van der Waals surface area contributed by atoms with Gasteiger partial charge in [-0.05, 0) is 43.7 Å². The van der Waals surface area contributed by atoms with Crippen molar-refractivity contribution in [2.45, 2.75) is 30.7 Å². The van der Waals surface area contributed by atoms with Crippen LogP contribution in [0.4, 0.5) is 5.69 Å². The summed E-state index contributed by atoms with van der Waals surface area (Å²) in [4.78, 5) is 2.58. The summed E-state index contributed by atoms with van der Waals surface area (Å²) in [5, 5.41) is 3.46. The van der Waals surface area contributed by atoms with Gasteiger partial charge in [-0.25, -0.2) is 8.42 Å². The normalized spacial score (nSPS) is 19.6. The number of anilines is 1. The summed E-state index contributed by atoms with van der Waals surface area (Å²) in [7, 11) is -1.05. The third-order valence-electron chi connectivity index (χ3n) is 3.67. The summed E-state index contributed by atoms with van der Waals surface area (Å²) in [5.74, 6) is 0.147. The van der Waals surface area contributed by atoms with Crippen molar-refractivity contribution in [1.82, 2.24) is 5.32 Å². The fraction of sp³-hybridized carbons (Fsp3) is 0.571. The van der Waals surface area contributed by atoms with Crippen LogP contribution in [0.3, 0.4) is 0 Å². The van der Waals surface area contributed by atoms with Crippen molar-refractivity contribution in [2.24, 2.45) is 0 Å². The van der Waals surface area contributed by atoms with Crippen LogP contribution < -0.4 is 10.2 Å². The molecule has 1 aromatic rings. The van der Waals surface area contributed by atoms with Gasteiger partial charge >= 0.3 is 0 Å². The molecule has 106 valence electrons. The highest BCUT2D eigenvalue weighted by Crippen LogP contribution is 2.19. The van der Waals surface area contributed by atoms with Gasteiger partial charge in [0.15, 0.2) is 9.84 Å². The third kappa shape index (κ3) is 3.48. The van der Waals surface area contributed by atoms with Crippen LogP contribution in [0, 0.1) is 0 Å². The van der Waals surface area contributed by atoms with Crippen molar-refractivity contribution in [3.8, 4) is 0 Å². The van der Waals surface area contributed by atoms with Crippen LogP contribution in [0.1, 0.15) is 19.8 Å². The lowest BCUT2D eigenvalue weighted by molar-refractivity contribution is 0.596. The highest BCUT2D eigenvalue weighted by molar-refractivity contribution is 7.91. The van der Waals surface area contributed by atoms with Crippen LogP contribution in [0.2, 0.25) is 0 Å². The Kier molecular flexibility index (Phi) is 4.47. The minimum atomic E-state index is -3.09. The van der Waals surface area contributed by atoms with E-state index in [0.29, 0.717) is 10.9 Å². The van der Waals surface area contributed by atoms with Crippen LogP contribution in [0.25, 0.3) is 0 Å². The van der Waals surface area contributed by atoms with E-state index in [1.54, 1.807) is 19.1 Å². The summed E-state index contributed by atoms with van der Waals surface area (Å²) in [6, 6.07) is 7.72. The Bertz CT molecular complexity index is 505. The van der Waals surface area contributed by atoms with E-state index < -0.39 is 9.84 Å². The molecule has 5 heteroatoms. The zero-order valence-electron chi connectivity index (χ0n) is 11.6. The van der Waals surface area contributed by atoms with E-state index in [0.717, 1.165) is 18.8 Å². The lowest BCUT2D eigenvalue weighted by Gasteiger charge is -2.23. The molecule has 0 aliphatic carbocycles. The first-order valence-electron chi connectivity index (χ1n) is 6.80. The lowest BCUT2D eigenvalue weighted by Crippen LogP contribution is -2.35. The first-order valence-corrected chi connectivity index (χ1v) is 8.45. The quantitative estimate of drug-likeness (QED) is 0.892. The topological polar surface area (TPSA) is 49.4 Å². The molecule has 1 saturated heterocycles. The summed E-state index contributed by atoms with van der Waals surface area (Å²) >= 11 is 0. The van der Waals surface area contributed by atoms with Gasteiger partial charge in [0, 0.05) is 25.3 Å². The Morgan fingerprint density at radius 1 is 1.32 bits per heavy atom. The molecule has 0 spiro atoms. The molecule has 0 bridgehead atoms. The molecule has 1 aliphatic rings. The Morgan fingerprint density at radius 2 is 2.00 bits per heavy atom. The van der Waals surface area contributed by atoms with Crippen molar-refractivity contribution < 1.29 is 8.42 Å². The van der Waals surface area contributed by atoms with Gasteiger partial charge in [0.2, 0.25) is 0 Å². The minimum Gasteiger partial charge on any atom is -0.373 e. The number of nitrogens with one attached hydrogen (secondary N) is 1. The van der Waals surface area contributed by atoms with Gasteiger partial charge < -0.3 is 10.2 Å². The van der Waals surface area contributed by atoms with Gasteiger partial charge in [-0.3, -0.25) is 0 Å². The maximum Gasteiger partial charge on any atom is 0.178 e. The molecule has 1 aromatic carbocycles. The van der Waals surface area contributed by atoms with Crippen molar-refractivity contribution in [2.75, 3.05) is 30.8 Å². The molecule has 0 radical (unpaired) electrons. The molecule has 1 atom stereocenters. The van der Waals surface area contributed by atoms with Gasteiger partial charge in [-0.1, -0.05) is 6.92 Å². The SMILES string of the molecule is CCS(=O)(=O)c1ccc(N(C)CC2CCCN2)cc1. The van der Waals surface area contributed by atoms with E-state index in [1.165, 1.54) is 12.8 Å². The molecular formula is C14H22N2O2S. The zero-order chi connectivity index (χ0) is 13.9. The van der Waals surface area contributed by atoms with Gasteiger partial charge in [-0.2, -0.15) is 0 Å². The average molecular weight is 282 g/mol. The number of likely N-dealkylation sites (N-methyl/N-ethyl adjacent to an activating group) is 1. The summed E-state index contributed by atoms with van der Waals surface area (Å²) < 4.78 is 23.5. The molecule has 1 aliphatic heterocycles. The molecule has 1 heterocycles. The molecule has 0 amide bonds. The predicted molar refractivity (Wildman–Crippen MR) is 78.5 cm³/mol. The van der Waals surface area contributed by atoms with Gasteiger partial charge in [-0.15, -0.1) is 0 Å². The van der Waals surface area contributed by atoms with Gasteiger partial charge in [0.05, 0.1) is 10.6 Å². The monoisotopic (exact) mass is 282 g/mol. The largest absolute Gasteiger partial charge is 0.373 e. The highest BCUT2D eigenvalue weighted by Gasteiger charge is 2.17. The molecule has 1 N–H and O–H groups in total. The van der Waals surface area contributed by atoms with Crippen LogP contribution in [0.15, 0.2) is 29.2 Å². The van der Waals surface area contributed by atoms with Gasteiger partial charge in [0.1, 0.15) is 0 Å². The predicted octanol–water partition coefficient (Wildman–Crippen LogP) is 1.67. The van der Waals surface area contributed by atoms with E-state index in [1.807, 2.05) is 19.2 Å². The van der Waals surface area contributed by atoms with Crippen molar-refractivity contribution in [3.63, 3.8) is 0 Å². The molecular weight excluding hydrogens is 260 g/mol. The molecule has 19 heavy (non-hydrogen) atoms. The Hall–Kier alpha value is -1.07. The van der Waals surface area contributed by atoms with Gasteiger partial charge in [0.25, 0.3) is 0 Å². The fourth-order valence-electron chi connectivity index (χ4n) is 2.42. The molecule has 1 fully saturated rings. The highest BCUT2D eigenvalue weighted by atomic mass is 32.2. The van der Waals surface area contributed by atoms with Crippen LogP contribution >= 0.6 is 0 Å². The maximum atomic E-state index is 11.7. The van der Waals surface area contributed by atoms with Crippen LogP contribution in [-0.2, 0) is 9.84 Å². The first-order chi connectivity index (χ1) is 9.03. The number of sulfone groups is 1. The van der Waals surface area contributed by atoms with Crippen LogP contribution in [0.5, 0.6) is 0 Å². The second-order valence-corrected chi connectivity index (χ2v) is 7.35. The van der Waals surface area contributed by atoms with Crippen molar-refractivity contribution in [3.05, 3.63) is 24.3 Å². The smallest absolute Gasteiger partial charge is 0.178 e.